The Morgan fingerprint density at radius 3 is 2.43 bits per heavy atom. The minimum atomic E-state index is -0.266. The van der Waals surface area contributed by atoms with E-state index in [4.69, 9.17) is 9.47 Å². The Balaban J connectivity index is 1.65. The molecule has 0 saturated heterocycles. The Morgan fingerprint density at radius 2 is 1.75 bits per heavy atom. The summed E-state index contributed by atoms with van der Waals surface area (Å²) in [5.74, 6) is 1.13. The molecule has 0 aromatic heterocycles. The normalized spacial score (nSPS) is 13.2. The molecule has 0 bridgehead atoms. The molecule has 3 rings (SSSR count). The maximum atomic E-state index is 12.3. The van der Waals surface area contributed by atoms with Crippen LogP contribution in [0.5, 0.6) is 11.5 Å². The van der Waals surface area contributed by atoms with E-state index in [1.54, 1.807) is 38.5 Å². The Bertz CT molecular complexity index is 917. The number of amides is 2. The van der Waals surface area contributed by atoms with Crippen LogP contribution in [0, 0.1) is 12.8 Å². The molecule has 1 fully saturated rings. The maximum absolute atomic E-state index is 12.3. The first-order valence-corrected chi connectivity index (χ1v) is 9.12. The number of hydrogen-bond acceptors (Lipinski definition) is 4. The molecule has 0 atom stereocenters. The smallest absolute Gasteiger partial charge is 0.248 e. The van der Waals surface area contributed by atoms with Gasteiger partial charge in [-0.15, -0.1) is 0 Å². The lowest BCUT2D eigenvalue weighted by atomic mass is 10.1. The number of rotatable bonds is 7. The van der Waals surface area contributed by atoms with Crippen LogP contribution in [0.4, 0.5) is 11.4 Å². The highest BCUT2D eigenvalue weighted by molar-refractivity contribution is 6.02. The van der Waals surface area contributed by atoms with Crippen molar-refractivity contribution in [3.63, 3.8) is 0 Å². The van der Waals surface area contributed by atoms with Gasteiger partial charge in [0, 0.05) is 23.4 Å². The fourth-order valence-electron chi connectivity index (χ4n) is 2.73. The van der Waals surface area contributed by atoms with Gasteiger partial charge in [-0.3, -0.25) is 9.59 Å². The number of benzene rings is 2. The Hall–Kier alpha value is -3.28. The van der Waals surface area contributed by atoms with Gasteiger partial charge in [0.05, 0.1) is 14.2 Å². The summed E-state index contributed by atoms with van der Waals surface area (Å²) in [6.45, 7) is 1.92. The van der Waals surface area contributed by atoms with Crippen LogP contribution in [-0.4, -0.2) is 26.0 Å². The fourth-order valence-corrected chi connectivity index (χ4v) is 2.73. The van der Waals surface area contributed by atoms with E-state index in [9.17, 15) is 9.59 Å². The lowest BCUT2D eigenvalue weighted by Gasteiger charge is -2.11. The van der Waals surface area contributed by atoms with E-state index < -0.39 is 0 Å². The van der Waals surface area contributed by atoms with Crippen LogP contribution in [0.1, 0.15) is 24.0 Å². The van der Waals surface area contributed by atoms with Crippen molar-refractivity contribution in [1.82, 2.24) is 0 Å². The molecule has 2 amide bonds. The van der Waals surface area contributed by atoms with Crippen molar-refractivity contribution < 1.29 is 19.1 Å². The van der Waals surface area contributed by atoms with Gasteiger partial charge in [-0.25, -0.2) is 0 Å². The van der Waals surface area contributed by atoms with Crippen molar-refractivity contribution >= 4 is 29.3 Å². The molecule has 0 unspecified atom stereocenters. The van der Waals surface area contributed by atoms with Crippen LogP contribution >= 0.6 is 0 Å². The zero-order valence-electron chi connectivity index (χ0n) is 16.2. The van der Waals surface area contributed by atoms with Crippen LogP contribution in [0.2, 0.25) is 0 Å². The Labute approximate surface area is 164 Å². The standard InChI is InChI=1S/C22H24N2O4/c1-14-4-9-17(13-18(14)24-22(26)16-7-8-16)23-21(25)11-6-15-5-10-19(27-2)20(12-15)28-3/h4-6,9-13,16H,7-8H2,1-3H3,(H,23,25)(H,24,26)/b11-6+. The van der Waals surface area contributed by atoms with E-state index >= 15 is 0 Å². The lowest BCUT2D eigenvalue weighted by molar-refractivity contribution is -0.117. The molecule has 2 aromatic rings. The first kappa shape index (κ1) is 19.5. The van der Waals surface area contributed by atoms with Gasteiger partial charge in [0.2, 0.25) is 11.8 Å². The van der Waals surface area contributed by atoms with Crippen LogP contribution < -0.4 is 20.1 Å². The molecule has 0 spiro atoms. The molecule has 0 aliphatic heterocycles. The molecule has 2 aromatic carbocycles. The number of hydrogen-bond donors (Lipinski definition) is 2. The lowest BCUT2D eigenvalue weighted by Crippen LogP contribution is -2.15. The summed E-state index contributed by atoms with van der Waals surface area (Å²) in [7, 11) is 3.14. The van der Waals surface area contributed by atoms with Crippen LogP contribution in [0.15, 0.2) is 42.5 Å². The quantitative estimate of drug-likeness (QED) is 0.712. The molecular weight excluding hydrogens is 356 g/mol. The second kappa shape index (κ2) is 8.61. The molecule has 1 saturated carbocycles. The molecule has 146 valence electrons. The molecule has 2 N–H and O–H groups in total. The Kier molecular flexibility index (Phi) is 5.99. The number of aryl methyl sites for hydroxylation is 1. The molecule has 28 heavy (non-hydrogen) atoms. The minimum absolute atomic E-state index is 0.0416. The van der Waals surface area contributed by atoms with Gasteiger partial charge in [0.1, 0.15) is 0 Å². The van der Waals surface area contributed by atoms with Gasteiger partial charge >= 0.3 is 0 Å². The first-order chi connectivity index (χ1) is 13.5. The van der Waals surface area contributed by atoms with E-state index in [0.29, 0.717) is 17.2 Å². The van der Waals surface area contributed by atoms with E-state index in [2.05, 4.69) is 10.6 Å². The number of carbonyl (C=O) groups excluding carboxylic acids is 2. The largest absolute Gasteiger partial charge is 0.493 e. The highest BCUT2D eigenvalue weighted by atomic mass is 16.5. The van der Waals surface area contributed by atoms with Gasteiger partial charge < -0.3 is 20.1 Å². The second-order valence-corrected chi connectivity index (χ2v) is 6.73. The number of methoxy groups -OCH3 is 2. The van der Waals surface area contributed by atoms with Gasteiger partial charge in [0.25, 0.3) is 0 Å². The van der Waals surface area contributed by atoms with Gasteiger partial charge in [-0.05, 0) is 61.2 Å². The third-order valence-corrected chi connectivity index (χ3v) is 4.55. The monoisotopic (exact) mass is 380 g/mol. The van der Waals surface area contributed by atoms with Crippen molar-refractivity contribution in [2.24, 2.45) is 5.92 Å². The molecule has 6 heteroatoms. The van der Waals surface area contributed by atoms with Gasteiger partial charge in [-0.2, -0.15) is 0 Å². The van der Waals surface area contributed by atoms with E-state index in [1.807, 2.05) is 25.1 Å². The molecule has 0 heterocycles. The highest BCUT2D eigenvalue weighted by Crippen LogP contribution is 2.31. The van der Waals surface area contributed by atoms with Crippen LogP contribution in [-0.2, 0) is 9.59 Å². The number of nitrogens with one attached hydrogen (secondary N) is 2. The highest BCUT2D eigenvalue weighted by Gasteiger charge is 2.29. The predicted octanol–water partition coefficient (Wildman–Crippen LogP) is 4.01. The summed E-state index contributed by atoms with van der Waals surface area (Å²) in [6.07, 6.45) is 5.04. The number of anilines is 2. The van der Waals surface area contributed by atoms with Crippen LogP contribution in [0.25, 0.3) is 6.08 Å². The molecule has 0 radical (unpaired) electrons. The summed E-state index contributed by atoms with van der Waals surface area (Å²) in [5.41, 5.74) is 3.11. The van der Waals surface area contributed by atoms with Crippen molar-refractivity contribution in [2.45, 2.75) is 19.8 Å². The molecule has 6 nitrogen and oxygen atoms in total. The second-order valence-electron chi connectivity index (χ2n) is 6.73. The zero-order chi connectivity index (χ0) is 20.1. The summed E-state index contributed by atoms with van der Waals surface area (Å²) < 4.78 is 10.5. The topological polar surface area (TPSA) is 76.7 Å². The number of carbonyl (C=O) groups is 2. The number of ether oxygens (including phenoxy) is 2. The first-order valence-electron chi connectivity index (χ1n) is 9.12. The van der Waals surface area contributed by atoms with Gasteiger partial charge in [0.15, 0.2) is 11.5 Å². The molecular formula is C22H24N2O4. The van der Waals surface area contributed by atoms with Crippen molar-refractivity contribution in [1.29, 1.82) is 0 Å². The fraction of sp³-hybridized carbons (Fsp3) is 0.273. The third kappa shape index (κ3) is 4.91. The van der Waals surface area contributed by atoms with E-state index in [-0.39, 0.29) is 17.7 Å². The van der Waals surface area contributed by atoms with E-state index in [1.165, 1.54) is 6.08 Å². The SMILES string of the molecule is COc1ccc(/C=C/C(=O)Nc2ccc(C)c(NC(=O)C3CC3)c2)cc1OC. The third-order valence-electron chi connectivity index (χ3n) is 4.55. The van der Waals surface area contributed by atoms with Crippen LogP contribution in [0.3, 0.4) is 0 Å². The summed E-state index contributed by atoms with van der Waals surface area (Å²) in [4.78, 5) is 24.2. The zero-order valence-corrected chi connectivity index (χ0v) is 16.2. The van der Waals surface area contributed by atoms with Crippen molar-refractivity contribution in [3.05, 3.63) is 53.6 Å². The maximum Gasteiger partial charge on any atom is 0.248 e. The minimum Gasteiger partial charge on any atom is -0.493 e. The Morgan fingerprint density at radius 1 is 1.00 bits per heavy atom. The average molecular weight is 380 g/mol. The molecule has 1 aliphatic rings. The average Bonchev–Trinajstić information content (AvgIpc) is 3.54. The summed E-state index contributed by atoms with van der Waals surface area (Å²) in [6, 6.07) is 10.9. The van der Waals surface area contributed by atoms with E-state index in [0.717, 1.165) is 29.7 Å². The summed E-state index contributed by atoms with van der Waals surface area (Å²) in [5, 5.41) is 5.75. The summed E-state index contributed by atoms with van der Waals surface area (Å²) >= 11 is 0. The van der Waals surface area contributed by atoms with Gasteiger partial charge in [-0.1, -0.05) is 12.1 Å². The van der Waals surface area contributed by atoms with Crippen molar-refractivity contribution in [2.75, 3.05) is 24.9 Å². The predicted molar refractivity (Wildman–Crippen MR) is 110 cm³/mol. The molecule has 1 aliphatic carbocycles. The van der Waals surface area contributed by atoms with Crippen molar-refractivity contribution in [3.8, 4) is 11.5 Å².